The Bertz CT molecular complexity index is 290. The first-order valence-electron chi connectivity index (χ1n) is 5.87. The highest BCUT2D eigenvalue weighted by molar-refractivity contribution is 5.86. The molecule has 0 fully saturated rings. The summed E-state index contributed by atoms with van der Waals surface area (Å²) in [6, 6.07) is 0. The molecule has 3 nitrogen and oxygen atoms in total. The van der Waals surface area contributed by atoms with Crippen molar-refractivity contribution in [1.29, 1.82) is 0 Å². The molecule has 17 heavy (non-hydrogen) atoms. The van der Waals surface area contributed by atoms with E-state index in [0.717, 1.165) is 25.0 Å². The monoisotopic (exact) mass is 238 g/mol. The Labute approximate surface area is 104 Å². The van der Waals surface area contributed by atoms with E-state index in [2.05, 4.69) is 13.2 Å². The van der Waals surface area contributed by atoms with Gasteiger partial charge < -0.3 is 9.47 Å². The third-order valence-corrected chi connectivity index (χ3v) is 2.04. The predicted octanol–water partition coefficient (Wildman–Crippen LogP) is 3.38. The molecule has 0 aromatic carbocycles. The molecule has 0 amide bonds. The summed E-state index contributed by atoms with van der Waals surface area (Å²) in [6.45, 7) is 11.4. The van der Waals surface area contributed by atoms with Gasteiger partial charge in [-0.1, -0.05) is 19.6 Å². The quantitative estimate of drug-likeness (QED) is 0.203. The predicted molar refractivity (Wildman–Crippen MR) is 69.5 cm³/mol. The molecule has 0 unspecified atom stereocenters. The van der Waals surface area contributed by atoms with Gasteiger partial charge in [0.05, 0.1) is 5.76 Å². The molecular weight excluding hydrogens is 216 g/mol. The molecule has 0 aliphatic carbocycles. The molecule has 0 spiro atoms. The first-order chi connectivity index (χ1) is 8.11. The van der Waals surface area contributed by atoms with E-state index in [9.17, 15) is 4.79 Å². The van der Waals surface area contributed by atoms with Crippen LogP contribution in [-0.2, 0) is 14.3 Å². The van der Waals surface area contributed by atoms with Crippen LogP contribution in [0, 0.1) is 0 Å². The number of ether oxygens (including phenoxy) is 2. The standard InChI is InChI=1S/C14H22O3/c1-5-7-8-9-13(6-2)16-10-11-17-14(15)12(3)4/h5,9H,1,3,6-8,10-11H2,2,4H3/b13-9-. The number of unbranched alkanes of at least 4 members (excludes halogenated alkanes) is 1. The zero-order chi connectivity index (χ0) is 13.1. The summed E-state index contributed by atoms with van der Waals surface area (Å²) in [5.74, 6) is 0.556. The van der Waals surface area contributed by atoms with Crippen molar-refractivity contribution in [2.24, 2.45) is 0 Å². The van der Waals surface area contributed by atoms with Crippen LogP contribution in [0.1, 0.15) is 33.1 Å². The molecule has 0 N–H and O–H groups in total. The summed E-state index contributed by atoms with van der Waals surface area (Å²) < 4.78 is 10.4. The fraction of sp³-hybridized carbons (Fsp3) is 0.500. The molecule has 3 heteroatoms. The highest BCUT2D eigenvalue weighted by Crippen LogP contribution is 2.06. The zero-order valence-electron chi connectivity index (χ0n) is 10.8. The fourth-order valence-corrected chi connectivity index (χ4v) is 1.10. The number of esters is 1. The lowest BCUT2D eigenvalue weighted by Crippen LogP contribution is -2.10. The van der Waals surface area contributed by atoms with Crippen molar-refractivity contribution in [2.45, 2.75) is 33.1 Å². The van der Waals surface area contributed by atoms with Crippen molar-refractivity contribution >= 4 is 5.97 Å². The van der Waals surface area contributed by atoms with E-state index < -0.39 is 0 Å². The van der Waals surface area contributed by atoms with Crippen LogP contribution >= 0.6 is 0 Å². The molecule has 0 heterocycles. The third kappa shape index (κ3) is 8.31. The Morgan fingerprint density at radius 2 is 1.88 bits per heavy atom. The molecule has 0 rings (SSSR count). The van der Waals surface area contributed by atoms with E-state index in [0.29, 0.717) is 12.2 Å². The van der Waals surface area contributed by atoms with E-state index >= 15 is 0 Å². The SMILES string of the molecule is C=CCC/C=C(/CC)OCCOC(=O)C(=C)C. The van der Waals surface area contributed by atoms with Crippen LogP contribution < -0.4 is 0 Å². The van der Waals surface area contributed by atoms with Crippen molar-refractivity contribution in [3.63, 3.8) is 0 Å². The van der Waals surface area contributed by atoms with Gasteiger partial charge in [-0.2, -0.15) is 0 Å². The fourth-order valence-electron chi connectivity index (χ4n) is 1.10. The van der Waals surface area contributed by atoms with Crippen LogP contribution in [0.3, 0.4) is 0 Å². The summed E-state index contributed by atoms with van der Waals surface area (Å²) in [5.41, 5.74) is 0.405. The minimum atomic E-state index is -0.373. The number of carbonyl (C=O) groups excluding carboxylic acids is 1. The Balaban J connectivity index is 3.76. The van der Waals surface area contributed by atoms with E-state index in [1.54, 1.807) is 6.92 Å². The van der Waals surface area contributed by atoms with E-state index in [1.165, 1.54) is 0 Å². The molecule has 0 aromatic heterocycles. The van der Waals surface area contributed by atoms with Crippen molar-refractivity contribution < 1.29 is 14.3 Å². The summed E-state index contributed by atoms with van der Waals surface area (Å²) >= 11 is 0. The van der Waals surface area contributed by atoms with E-state index in [4.69, 9.17) is 9.47 Å². The normalized spacial score (nSPS) is 10.8. The molecular formula is C14H22O3. The second-order valence-electron chi connectivity index (χ2n) is 3.65. The average Bonchev–Trinajstić information content (AvgIpc) is 2.31. The molecule has 0 aliphatic rings. The largest absolute Gasteiger partial charge is 0.495 e. The van der Waals surface area contributed by atoms with Crippen molar-refractivity contribution in [3.8, 4) is 0 Å². The van der Waals surface area contributed by atoms with Gasteiger partial charge in [-0.15, -0.1) is 6.58 Å². The number of hydrogen-bond donors (Lipinski definition) is 0. The second kappa shape index (κ2) is 9.70. The number of rotatable bonds is 9. The van der Waals surface area contributed by atoms with Gasteiger partial charge in [0.1, 0.15) is 13.2 Å². The Morgan fingerprint density at radius 3 is 2.41 bits per heavy atom. The smallest absolute Gasteiger partial charge is 0.333 e. The molecule has 0 saturated carbocycles. The third-order valence-electron chi connectivity index (χ3n) is 2.04. The van der Waals surface area contributed by atoms with Gasteiger partial charge in [0.25, 0.3) is 0 Å². The van der Waals surface area contributed by atoms with Gasteiger partial charge in [0.2, 0.25) is 0 Å². The van der Waals surface area contributed by atoms with Crippen LogP contribution in [-0.4, -0.2) is 19.2 Å². The van der Waals surface area contributed by atoms with Crippen LogP contribution in [0.5, 0.6) is 0 Å². The highest BCUT2D eigenvalue weighted by Gasteiger charge is 2.02. The minimum Gasteiger partial charge on any atom is -0.495 e. The topological polar surface area (TPSA) is 35.5 Å². The lowest BCUT2D eigenvalue weighted by atomic mass is 10.2. The highest BCUT2D eigenvalue weighted by atomic mass is 16.6. The second-order valence-corrected chi connectivity index (χ2v) is 3.65. The van der Waals surface area contributed by atoms with Crippen molar-refractivity contribution in [1.82, 2.24) is 0 Å². The lowest BCUT2D eigenvalue weighted by Gasteiger charge is -2.09. The van der Waals surface area contributed by atoms with E-state index in [1.807, 2.05) is 19.1 Å². The number of allylic oxidation sites excluding steroid dienone is 3. The summed E-state index contributed by atoms with van der Waals surface area (Å²) in [7, 11) is 0. The number of carbonyl (C=O) groups is 1. The summed E-state index contributed by atoms with van der Waals surface area (Å²) in [5, 5.41) is 0. The molecule has 0 radical (unpaired) electrons. The molecule has 0 aromatic rings. The lowest BCUT2D eigenvalue weighted by molar-refractivity contribution is -0.140. The van der Waals surface area contributed by atoms with Gasteiger partial charge in [0, 0.05) is 12.0 Å². The average molecular weight is 238 g/mol. The van der Waals surface area contributed by atoms with Crippen LogP contribution in [0.15, 0.2) is 36.6 Å². The van der Waals surface area contributed by atoms with Gasteiger partial charge in [0.15, 0.2) is 0 Å². The Kier molecular flexibility index (Phi) is 8.84. The zero-order valence-corrected chi connectivity index (χ0v) is 10.8. The maximum absolute atomic E-state index is 11.1. The van der Waals surface area contributed by atoms with Gasteiger partial charge in [-0.25, -0.2) is 4.79 Å². The van der Waals surface area contributed by atoms with Crippen molar-refractivity contribution in [3.05, 3.63) is 36.6 Å². The Morgan fingerprint density at radius 1 is 1.24 bits per heavy atom. The maximum Gasteiger partial charge on any atom is 0.333 e. The minimum absolute atomic E-state index is 0.254. The molecule has 0 aliphatic heterocycles. The number of hydrogen-bond acceptors (Lipinski definition) is 3. The van der Waals surface area contributed by atoms with E-state index in [-0.39, 0.29) is 12.6 Å². The van der Waals surface area contributed by atoms with Gasteiger partial charge >= 0.3 is 5.97 Å². The molecule has 0 atom stereocenters. The first-order valence-corrected chi connectivity index (χ1v) is 5.87. The van der Waals surface area contributed by atoms with Gasteiger partial charge in [-0.3, -0.25) is 0 Å². The molecule has 96 valence electrons. The van der Waals surface area contributed by atoms with Crippen LogP contribution in [0.4, 0.5) is 0 Å². The Hall–Kier alpha value is -1.51. The van der Waals surface area contributed by atoms with Crippen LogP contribution in [0.25, 0.3) is 0 Å². The molecule has 0 saturated heterocycles. The molecule has 0 bridgehead atoms. The van der Waals surface area contributed by atoms with Crippen LogP contribution in [0.2, 0.25) is 0 Å². The maximum atomic E-state index is 11.1. The first kappa shape index (κ1) is 15.5. The van der Waals surface area contributed by atoms with Crippen molar-refractivity contribution in [2.75, 3.05) is 13.2 Å². The summed E-state index contributed by atoms with van der Waals surface area (Å²) in [6.07, 6.45) is 6.63. The summed E-state index contributed by atoms with van der Waals surface area (Å²) in [4.78, 5) is 11.1. The van der Waals surface area contributed by atoms with Gasteiger partial charge in [-0.05, 0) is 25.8 Å².